The molecule has 1 fully saturated rings. The number of carbonyl (C=O) groups is 2. The van der Waals surface area contributed by atoms with E-state index in [1.807, 2.05) is 26.0 Å². The zero-order chi connectivity index (χ0) is 28.4. The molecule has 1 aliphatic carbocycles. The Hall–Kier alpha value is -2.78. The summed E-state index contributed by atoms with van der Waals surface area (Å²) in [4.78, 5) is 28.5. The minimum atomic E-state index is -3.57. The van der Waals surface area contributed by atoms with Gasteiger partial charge in [-0.05, 0) is 74.6 Å². The maximum Gasteiger partial charge on any atom is 0.243 e. The molecule has 1 atom stereocenters. The number of nitrogens with one attached hydrogen (secondary N) is 1. The van der Waals surface area contributed by atoms with Crippen molar-refractivity contribution < 1.29 is 22.7 Å². The van der Waals surface area contributed by atoms with E-state index in [-0.39, 0.29) is 37.4 Å². The lowest BCUT2D eigenvalue weighted by atomic mass is 10.1. The molecule has 0 bridgehead atoms. The van der Waals surface area contributed by atoms with E-state index < -0.39 is 16.1 Å². The highest BCUT2D eigenvalue weighted by atomic mass is 35.5. The lowest BCUT2D eigenvalue weighted by Crippen LogP contribution is -2.51. The van der Waals surface area contributed by atoms with Crippen LogP contribution in [-0.2, 0) is 26.2 Å². The number of hydrogen-bond acceptors (Lipinski definition) is 5. The van der Waals surface area contributed by atoms with Crippen molar-refractivity contribution in [2.75, 3.05) is 23.7 Å². The molecule has 0 saturated heterocycles. The van der Waals surface area contributed by atoms with Gasteiger partial charge < -0.3 is 15.0 Å². The molecule has 8 nitrogen and oxygen atoms in total. The highest BCUT2D eigenvalue weighted by Gasteiger charge is 2.30. The Morgan fingerprint density at radius 2 is 1.69 bits per heavy atom. The third-order valence-electron chi connectivity index (χ3n) is 6.94. The Morgan fingerprint density at radius 1 is 1.05 bits per heavy atom. The molecule has 1 aliphatic rings. The van der Waals surface area contributed by atoms with E-state index in [1.165, 1.54) is 4.31 Å². The smallest absolute Gasteiger partial charge is 0.243 e. The summed E-state index contributed by atoms with van der Waals surface area (Å²) in [6.07, 6.45) is 6.14. The van der Waals surface area contributed by atoms with Crippen LogP contribution in [0.15, 0.2) is 48.5 Å². The van der Waals surface area contributed by atoms with Crippen molar-refractivity contribution in [1.82, 2.24) is 10.2 Å². The zero-order valence-corrected chi connectivity index (χ0v) is 24.6. The molecule has 0 aliphatic heterocycles. The van der Waals surface area contributed by atoms with Crippen LogP contribution in [0.4, 0.5) is 5.69 Å². The predicted molar refractivity (Wildman–Crippen MR) is 156 cm³/mol. The van der Waals surface area contributed by atoms with Gasteiger partial charge in [0.05, 0.1) is 18.6 Å². The van der Waals surface area contributed by atoms with E-state index in [4.69, 9.17) is 16.3 Å². The van der Waals surface area contributed by atoms with Crippen LogP contribution in [0.2, 0.25) is 5.02 Å². The number of nitrogens with zero attached hydrogens (tertiary/aromatic N) is 2. The first-order valence-corrected chi connectivity index (χ1v) is 15.9. The van der Waals surface area contributed by atoms with E-state index in [1.54, 1.807) is 41.3 Å². The van der Waals surface area contributed by atoms with Crippen LogP contribution in [0.3, 0.4) is 0 Å². The molecular weight excluding hydrogens is 538 g/mol. The first-order valence-electron chi connectivity index (χ1n) is 13.7. The molecule has 10 heteroatoms. The molecule has 1 N–H and O–H groups in total. The van der Waals surface area contributed by atoms with Gasteiger partial charge in [-0.2, -0.15) is 0 Å². The molecule has 214 valence electrons. The van der Waals surface area contributed by atoms with Crippen LogP contribution < -0.4 is 14.4 Å². The van der Waals surface area contributed by atoms with Crippen LogP contribution in [-0.4, -0.2) is 56.6 Å². The van der Waals surface area contributed by atoms with Crippen LogP contribution in [0.5, 0.6) is 5.75 Å². The fraction of sp³-hybridized carbons (Fsp3) is 0.517. The van der Waals surface area contributed by atoms with Crippen molar-refractivity contribution in [3.8, 4) is 5.75 Å². The number of ether oxygens (including phenoxy) is 1. The SMILES string of the molecule is CCOc1ccc(N(CCCC(=O)N(Cc2ccc(Cl)cc2)[C@H](CC)C(=O)NC2CCCC2)S(C)(=O)=O)cc1. The van der Waals surface area contributed by atoms with E-state index in [0.29, 0.717) is 35.9 Å². The van der Waals surface area contributed by atoms with Crippen LogP contribution in [0.25, 0.3) is 0 Å². The molecule has 0 heterocycles. The fourth-order valence-corrected chi connectivity index (χ4v) is 6.04. The van der Waals surface area contributed by atoms with Gasteiger partial charge in [-0.15, -0.1) is 0 Å². The summed E-state index contributed by atoms with van der Waals surface area (Å²) in [6.45, 7) is 4.70. The van der Waals surface area contributed by atoms with E-state index >= 15 is 0 Å². The lowest BCUT2D eigenvalue weighted by molar-refractivity contribution is -0.141. The molecule has 0 radical (unpaired) electrons. The average molecular weight is 578 g/mol. The molecule has 1 saturated carbocycles. The van der Waals surface area contributed by atoms with Gasteiger partial charge in [0, 0.05) is 30.6 Å². The molecular formula is C29H40ClN3O5S. The number of benzene rings is 2. The quantitative estimate of drug-likeness (QED) is 0.335. The number of sulfonamides is 1. The van der Waals surface area contributed by atoms with E-state index in [0.717, 1.165) is 37.5 Å². The number of carbonyl (C=O) groups excluding carboxylic acids is 2. The molecule has 0 aromatic heterocycles. The summed E-state index contributed by atoms with van der Waals surface area (Å²) in [5.74, 6) is 0.321. The summed E-state index contributed by atoms with van der Waals surface area (Å²) >= 11 is 6.05. The monoisotopic (exact) mass is 577 g/mol. The summed E-state index contributed by atoms with van der Waals surface area (Å²) < 4.78 is 31.9. The number of rotatable bonds is 14. The molecule has 3 rings (SSSR count). The van der Waals surface area contributed by atoms with Gasteiger partial charge in [-0.3, -0.25) is 13.9 Å². The Bertz CT molecular complexity index is 1180. The zero-order valence-electron chi connectivity index (χ0n) is 23.1. The van der Waals surface area contributed by atoms with Gasteiger partial charge in [0.15, 0.2) is 0 Å². The standard InChI is InChI=1S/C29H40ClN3O5S/c1-4-27(29(35)31-24-9-6-7-10-24)32(21-22-12-14-23(30)15-13-22)28(34)11-8-20-33(39(3,36)37)25-16-18-26(19-17-25)38-5-2/h12-19,24,27H,4-11,20-21H2,1-3H3,(H,31,35)/t27-/m1/s1. The summed E-state index contributed by atoms with van der Waals surface area (Å²) in [6, 6.07) is 13.6. The predicted octanol–water partition coefficient (Wildman–Crippen LogP) is 5.15. The largest absolute Gasteiger partial charge is 0.494 e. The Kier molecular flexibility index (Phi) is 11.5. The Morgan fingerprint density at radius 3 is 2.26 bits per heavy atom. The van der Waals surface area contributed by atoms with E-state index in [2.05, 4.69) is 5.32 Å². The second kappa shape index (κ2) is 14.6. The van der Waals surface area contributed by atoms with Crippen molar-refractivity contribution >= 4 is 39.1 Å². The Balaban J connectivity index is 1.73. The fourth-order valence-electron chi connectivity index (χ4n) is 4.95. The number of hydrogen-bond donors (Lipinski definition) is 1. The highest BCUT2D eigenvalue weighted by molar-refractivity contribution is 7.92. The first kappa shape index (κ1) is 30.8. The molecule has 39 heavy (non-hydrogen) atoms. The number of anilines is 1. The normalized spacial score (nSPS) is 14.6. The molecule has 2 amide bonds. The van der Waals surface area contributed by atoms with Crippen LogP contribution in [0.1, 0.15) is 64.4 Å². The Labute approximate surface area is 237 Å². The van der Waals surface area contributed by atoms with Crippen molar-refractivity contribution in [2.24, 2.45) is 0 Å². The first-order chi connectivity index (χ1) is 18.6. The molecule has 0 unspecified atom stereocenters. The van der Waals surface area contributed by atoms with Crippen LogP contribution in [0, 0.1) is 0 Å². The average Bonchev–Trinajstić information content (AvgIpc) is 3.40. The van der Waals surface area contributed by atoms with Crippen molar-refractivity contribution in [2.45, 2.75) is 77.4 Å². The van der Waals surface area contributed by atoms with E-state index in [9.17, 15) is 18.0 Å². The summed E-state index contributed by atoms with van der Waals surface area (Å²) in [7, 11) is -3.57. The highest BCUT2D eigenvalue weighted by Crippen LogP contribution is 2.23. The van der Waals surface area contributed by atoms with Crippen LogP contribution >= 0.6 is 11.6 Å². The van der Waals surface area contributed by atoms with Crippen molar-refractivity contribution in [3.05, 3.63) is 59.1 Å². The minimum Gasteiger partial charge on any atom is -0.494 e. The number of halogens is 1. The molecule has 2 aromatic carbocycles. The van der Waals surface area contributed by atoms with Gasteiger partial charge in [0.25, 0.3) is 0 Å². The van der Waals surface area contributed by atoms with Gasteiger partial charge >= 0.3 is 0 Å². The lowest BCUT2D eigenvalue weighted by Gasteiger charge is -2.32. The summed E-state index contributed by atoms with van der Waals surface area (Å²) in [5, 5.41) is 3.73. The summed E-state index contributed by atoms with van der Waals surface area (Å²) in [5.41, 5.74) is 1.38. The van der Waals surface area contributed by atoms with Gasteiger partial charge in [-0.1, -0.05) is 43.5 Å². The third kappa shape index (κ3) is 9.14. The van der Waals surface area contributed by atoms with Gasteiger partial charge in [0.2, 0.25) is 21.8 Å². The van der Waals surface area contributed by atoms with Crippen molar-refractivity contribution in [3.63, 3.8) is 0 Å². The van der Waals surface area contributed by atoms with Gasteiger partial charge in [0.1, 0.15) is 11.8 Å². The second-order valence-electron chi connectivity index (χ2n) is 9.93. The topological polar surface area (TPSA) is 96.0 Å². The van der Waals surface area contributed by atoms with Gasteiger partial charge in [-0.25, -0.2) is 8.42 Å². The number of amides is 2. The molecule has 0 spiro atoms. The second-order valence-corrected chi connectivity index (χ2v) is 12.3. The minimum absolute atomic E-state index is 0.101. The maximum atomic E-state index is 13.6. The maximum absolute atomic E-state index is 13.6. The van der Waals surface area contributed by atoms with Crippen molar-refractivity contribution in [1.29, 1.82) is 0 Å². The third-order valence-corrected chi connectivity index (χ3v) is 8.39. The molecule has 2 aromatic rings.